The normalized spacial score (nSPS) is 20.7. The first-order valence-electron chi connectivity index (χ1n) is 12.0. The molecule has 0 saturated carbocycles. The summed E-state index contributed by atoms with van der Waals surface area (Å²) in [7, 11) is 0. The van der Waals surface area contributed by atoms with Crippen LogP contribution in [0.25, 0.3) is 5.65 Å². The molecule has 186 valence electrons. The van der Waals surface area contributed by atoms with Crippen molar-refractivity contribution in [2.45, 2.75) is 38.4 Å². The third-order valence-electron chi connectivity index (χ3n) is 7.27. The largest absolute Gasteiger partial charge is 0.484 e. The SMILES string of the molecule is CC(C)(O)[C@]1(C)Cc2cc(NC(=O)c3cnn4cccnc34)c(N3CCN(CCN)CC3)cc2O1. The number of carbonyl (C=O) groups excluding carboxylic acids is 1. The number of nitrogens with one attached hydrogen (secondary N) is 1. The summed E-state index contributed by atoms with van der Waals surface area (Å²) in [4.78, 5) is 22.2. The van der Waals surface area contributed by atoms with Crippen LogP contribution >= 0.6 is 0 Å². The fraction of sp³-hybridized carbons (Fsp3) is 0.480. The van der Waals surface area contributed by atoms with Gasteiger partial charge in [0.25, 0.3) is 5.91 Å². The minimum Gasteiger partial charge on any atom is -0.484 e. The zero-order valence-electron chi connectivity index (χ0n) is 20.5. The lowest BCUT2D eigenvalue weighted by Crippen LogP contribution is -2.51. The van der Waals surface area contributed by atoms with Gasteiger partial charge < -0.3 is 25.8 Å². The van der Waals surface area contributed by atoms with Crippen LogP contribution in [0.5, 0.6) is 5.75 Å². The van der Waals surface area contributed by atoms with Crippen LogP contribution in [0.15, 0.2) is 36.8 Å². The summed E-state index contributed by atoms with van der Waals surface area (Å²) in [6.07, 6.45) is 5.47. The minimum atomic E-state index is -1.04. The van der Waals surface area contributed by atoms with Crippen molar-refractivity contribution < 1.29 is 14.6 Å². The number of hydrogen-bond acceptors (Lipinski definition) is 8. The molecule has 4 heterocycles. The van der Waals surface area contributed by atoms with Crippen molar-refractivity contribution in [3.63, 3.8) is 0 Å². The lowest BCUT2D eigenvalue weighted by molar-refractivity contribution is -0.0900. The summed E-state index contributed by atoms with van der Waals surface area (Å²) in [6.45, 7) is 10.3. The van der Waals surface area contributed by atoms with Gasteiger partial charge >= 0.3 is 0 Å². The second-order valence-electron chi connectivity index (χ2n) is 10.1. The number of hydrogen-bond donors (Lipinski definition) is 3. The Morgan fingerprint density at radius 3 is 2.77 bits per heavy atom. The van der Waals surface area contributed by atoms with E-state index in [1.807, 2.05) is 19.1 Å². The summed E-state index contributed by atoms with van der Waals surface area (Å²) in [6, 6.07) is 5.74. The molecule has 0 aliphatic carbocycles. The predicted octanol–water partition coefficient (Wildman–Crippen LogP) is 1.53. The number of rotatable bonds is 6. The zero-order valence-corrected chi connectivity index (χ0v) is 20.5. The summed E-state index contributed by atoms with van der Waals surface area (Å²) in [5, 5.41) is 18.1. The first kappa shape index (κ1) is 23.5. The van der Waals surface area contributed by atoms with Crippen molar-refractivity contribution in [3.05, 3.63) is 47.9 Å². The van der Waals surface area contributed by atoms with Crippen molar-refractivity contribution in [1.82, 2.24) is 19.5 Å². The molecule has 1 fully saturated rings. The van der Waals surface area contributed by atoms with Gasteiger partial charge in [0.05, 0.1) is 23.2 Å². The number of nitrogens with zero attached hydrogens (tertiary/aromatic N) is 5. The molecule has 35 heavy (non-hydrogen) atoms. The molecule has 0 spiro atoms. The van der Waals surface area contributed by atoms with Crippen LogP contribution in [-0.4, -0.2) is 81.0 Å². The summed E-state index contributed by atoms with van der Waals surface area (Å²) in [5.74, 6) is 0.468. The number of amides is 1. The Bertz CT molecular complexity index is 1240. The van der Waals surface area contributed by atoms with Crippen molar-refractivity contribution >= 4 is 22.9 Å². The molecule has 4 N–H and O–H groups in total. The first-order valence-corrected chi connectivity index (χ1v) is 12.0. The van der Waals surface area contributed by atoms with E-state index in [-0.39, 0.29) is 5.91 Å². The molecule has 1 atom stereocenters. The van der Waals surface area contributed by atoms with Crippen LogP contribution in [0, 0.1) is 0 Å². The molecular formula is C25H33N7O3. The molecule has 1 saturated heterocycles. The van der Waals surface area contributed by atoms with E-state index in [0.717, 1.165) is 49.7 Å². The number of aromatic nitrogens is 3. The van der Waals surface area contributed by atoms with Gasteiger partial charge in [-0.1, -0.05) is 0 Å². The number of benzene rings is 1. The number of ether oxygens (including phenoxy) is 1. The molecule has 1 aromatic carbocycles. The highest BCUT2D eigenvalue weighted by molar-refractivity contribution is 6.09. The van der Waals surface area contributed by atoms with E-state index in [0.29, 0.717) is 29.9 Å². The van der Waals surface area contributed by atoms with Gasteiger partial charge in [0.15, 0.2) is 5.65 Å². The van der Waals surface area contributed by atoms with E-state index >= 15 is 0 Å². The average Bonchev–Trinajstić information content (AvgIpc) is 3.40. The fourth-order valence-electron chi connectivity index (χ4n) is 4.76. The maximum atomic E-state index is 13.3. The quantitative estimate of drug-likeness (QED) is 0.487. The van der Waals surface area contributed by atoms with Crippen LogP contribution in [0.1, 0.15) is 36.7 Å². The smallest absolute Gasteiger partial charge is 0.261 e. The molecular weight excluding hydrogens is 446 g/mol. The van der Waals surface area contributed by atoms with E-state index in [1.165, 1.54) is 6.20 Å². The van der Waals surface area contributed by atoms with Crippen molar-refractivity contribution in [2.24, 2.45) is 5.73 Å². The third kappa shape index (κ3) is 4.33. The fourth-order valence-corrected chi connectivity index (χ4v) is 4.76. The van der Waals surface area contributed by atoms with Gasteiger partial charge in [0, 0.05) is 69.7 Å². The second-order valence-corrected chi connectivity index (χ2v) is 10.1. The van der Waals surface area contributed by atoms with Crippen LogP contribution in [-0.2, 0) is 6.42 Å². The highest BCUT2D eigenvalue weighted by Crippen LogP contribution is 2.45. The molecule has 10 nitrogen and oxygen atoms in total. The lowest BCUT2D eigenvalue weighted by atomic mass is 9.84. The molecule has 0 bridgehead atoms. The predicted molar refractivity (Wildman–Crippen MR) is 134 cm³/mol. The average molecular weight is 480 g/mol. The van der Waals surface area contributed by atoms with E-state index in [2.05, 4.69) is 25.2 Å². The van der Waals surface area contributed by atoms with Gasteiger partial charge in [-0.2, -0.15) is 5.10 Å². The van der Waals surface area contributed by atoms with E-state index in [9.17, 15) is 9.90 Å². The Kier molecular flexibility index (Phi) is 5.90. The van der Waals surface area contributed by atoms with E-state index in [4.69, 9.17) is 10.5 Å². The second kappa shape index (κ2) is 8.78. The molecule has 2 aliphatic heterocycles. The van der Waals surface area contributed by atoms with Gasteiger partial charge in [-0.15, -0.1) is 0 Å². The summed E-state index contributed by atoms with van der Waals surface area (Å²) in [5.41, 5.74) is 7.41. The number of carbonyl (C=O) groups is 1. The molecule has 2 aromatic heterocycles. The molecule has 0 radical (unpaired) electrons. The highest BCUT2D eigenvalue weighted by atomic mass is 16.5. The number of anilines is 2. The molecule has 0 unspecified atom stereocenters. The third-order valence-corrected chi connectivity index (χ3v) is 7.27. The minimum absolute atomic E-state index is 0.272. The number of piperazine rings is 1. The van der Waals surface area contributed by atoms with Gasteiger partial charge in [-0.05, 0) is 32.9 Å². The van der Waals surface area contributed by atoms with Crippen molar-refractivity contribution in [3.8, 4) is 5.75 Å². The Balaban J connectivity index is 1.48. The molecule has 1 amide bonds. The Labute approximate surface area is 204 Å². The number of aliphatic hydroxyl groups is 1. The standard InChI is InChI=1S/C25H33N7O3/c1-24(2,34)25(3)15-17-13-19(29-23(33)18-16-28-32-7-4-6-27-22(18)32)20(14-21(17)35-25)31-11-9-30(8-5-26)10-12-31/h4,6-7,13-14,16,34H,5,8-12,15,26H2,1-3H3,(H,29,33)/t25-/m0/s1. The highest BCUT2D eigenvalue weighted by Gasteiger charge is 2.47. The van der Waals surface area contributed by atoms with Gasteiger partial charge in [-0.25, -0.2) is 9.50 Å². The molecule has 2 aliphatic rings. The van der Waals surface area contributed by atoms with Crippen molar-refractivity contribution in [2.75, 3.05) is 49.5 Å². The maximum Gasteiger partial charge on any atom is 0.261 e. The van der Waals surface area contributed by atoms with Crippen LogP contribution in [0.4, 0.5) is 11.4 Å². The number of nitrogens with two attached hydrogens (primary N) is 1. The monoisotopic (exact) mass is 479 g/mol. The maximum absolute atomic E-state index is 13.3. The van der Waals surface area contributed by atoms with Gasteiger partial charge in [-0.3, -0.25) is 9.69 Å². The van der Waals surface area contributed by atoms with Crippen LogP contribution in [0.2, 0.25) is 0 Å². The summed E-state index contributed by atoms with van der Waals surface area (Å²) < 4.78 is 7.88. The van der Waals surface area contributed by atoms with E-state index in [1.54, 1.807) is 36.8 Å². The van der Waals surface area contributed by atoms with Gasteiger partial charge in [0.2, 0.25) is 0 Å². The molecule has 10 heteroatoms. The first-order chi connectivity index (χ1) is 16.7. The Hall–Kier alpha value is -3.21. The zero-order chi connectivity index (χ0) is 24.8. The van der Waals surface area contributed by atoms with Crippen LogP contribution in [0.3, 0.4) is 0 Å². The molecule has 3 aromatic rings. The topological polar surface area (TPSA) is 121 Å². The number of fused-ring (bicyclic) bond motifs is 2. The molecule has 5 rings (SSSR count). The Morgan fingerprint density at radius 2 is 2.06 bits per heavy atom. The van der Waals surface area contributed by atoms with E-state index < -0.39 is 11.2 Å². The Morgan fingerprint density at radius 1 is 1.29 bits per heavy atom. The summed E-state index contributed by atoms with van der Waals surface area (Å²) >= 11 is 0. The van der Waals surface area contributed by atoms with Gasteiger partial charge in [0.1, 0.15) is 16.9 Å². The van der Waals surface area contributed by atoms with Crippen LogP contribution < -0.4 is 20.7 Å². The lowest BCUT2D eigenvalue weighted by Gasteiger charge is -2.37. The van der Waals surface area contributed by atoms with Crippen molar-refractivity contribution in [1.29, 1.82) is 0 Å².